The molecule has 15 heavy (non-hydrogen) atoms. The van der Waals surface area contributed by atoms with E-state index in [2.05, 4.69) is 5.32 Å². The van der Waals surface area contributed by atoms with Gasteiger partial charge in [0, 0.05) is 10.6 Å². The maximum Gasteiger partial charge on any atom is 0.407 e. The Labute approximate surface area is 92.1 Å². The van der Waals surface area contributed by atoms with Gasteiger partial charge in [-0.1, -0.05) is 17.7 Å². The second-order valence-electron chi connectivity index (χ2n) is 3.18. The van der Waals surface area contributed by atoms with Crippen molar-refractivity contribution in [2.75, 3.05) is 13.7 Å². The summed E-state index contributed by atoms with van der Waals surface area (Å²) in [6.45, 7) is 0.316. The van der Waals surface area contributed by atoms with Gasteiger partial charge in [0.1, 0.15) is 12.4 Å². The van der Waals surface area contributed by atoms with Gasteiger partial charge in [-0.25, -0.2) is 4.79 Å². The molecule has 1 aromatic rings. The van der Waals surface area contributed by atoms with Gasteiger partial charge in [-0.15, -0.1) is 0 Å². The number of alkyl carbamates (subject to hydrolysis) is 1. The molecule has 1 N–H and O–H groups in total. The molecule has 1 atom stereocenters. The van der Waals surface area contributed by atoms with E-state index in [4.69, 9.17) is 21.1 Å². The molecule has 1 aromatic carbocycles. The standard InChI is InChI=1S/C10H10ClNO3/c1-14-9-4-6(11)2-3-7(9)8-5-15-10(13)12-8/h2-4,8H,5H2,1H3,(H,12,13). The molecule has 0 aromatic heterocycles. The minimum absolute atomic E-state index is 0.162. The molecular weight excluding hydrogens is 218 g/mol. The lowest BCUT2D eigenvalue weighted by Crippen LogP contribution is -2.18. The molecule has 1 saturated heterocycles. The van der Waals surface area contributed by atoms with E-state index in [1.165, 1.54) is 0 Å². The maximum atomic E-state index is 10.9. The summed E-state index contributed by atoms with van der Waals surface area (Å²) in [7, 11) is 1.56. The normalized spacial score (nSPS) is 19.6. The van der Waals surface area contributed by atoms with Crippen LogP contribution < -0.4 is 10.1 Å². The number of halogens is 1. The average Bonchev–Trinajstić information content (AvgIpc) is 2.64. The third-order valence-corrected chi connectivity index (χ3v) is 2.48. The van der Waals surface area contributed by atoms with Gasteiger partial charge in [0.2, 0.25) is 0 Å². The molecule has 1 unspecified atom stereocenters. The van der Waals surface area contributed by atoms with Gasteiger partial charge >= 0.3 is 6.09 Å². The number of cyclic esters (lactones) is 1. The Balaban J connectivity index is 2.31. The van der Waals surface area contributed by atoms with Gasteiger partial charge in [0.25, 0.3) is 0 Å². The Hall–Kier alpha value is -1.42. The minimum atomic E-state index is -0.406. The first kappa shape index (κ1) is 10.1. The molecule has 0 spiro atoms. The van der Waals surface area contributed by atoms with E-state index in [1.807, 2.05) is 6.07 Å². The van der Waals surface area contributed by atoms with Crippen LogP contribution in [0.5, 0.6) is 5.75 Å². The number of ether oxygens (including phenoxy) is 2. The molecule has 0 saturated carbocycles. The number of rotatable bonds is 2. The minimum Gasteiger partial charge on any atom is -0.496 e. The van der Waals surface area contributed by atoms with Gasteiger partial charge in [-0.05, 0) is 12.1 Å². The van der Waals surface area contributed by atoms with Crippen LogP contribution in [-0.4, -0.2) is 19.8 Å². The number of methoxy groups -OCH3 is 1. The summed E-state index contributed by atoms with van der Waals surface area (Å²) in [5, 5.41) is 3.28. The van der Waals surface area contributed by atoms with Crippen LogP contribution in [0.1, 0.15) is 11.6 Å². The summed E-state index contributed by atoms with van der Waals surface area (Å²) < 4.78 is 9.99. The largest absolute Gasteiger partial charge is 0.496 e. The molecule has 0 bridgehead atoms. The Bertz CT molecular complexity index is 394. The van der Waals surface area contributed by atoms with Crippen LogP contribution in [-0.2, 0) is 4.74 Å². The highest BCUT2D eigenvalue weighted by molar-refractivity contribution is 6.30. The predicted molar refractivity (Wildman–Crippen MR) is 55.2 cm³/mol. The molecule has 1 aliphatic heterocycles. The summed E-state index contributed by atoms with van der Waals surface area (Å²) in [5.74, 6) is 0.651. The van der Waals surface area contributed by atoms with Crippen LogP contribution >= 0.6 is 11.6 Å². The van der Waals surface area contributed by atoms with Crippen molar-refractivity contribution < 1.29 is 14.3 Å². The molecule has 1 amide bonds. The van der Waals surface area contributed by atoms with Crippen molar-refractivity contribution in [2.24, 2.45) is 0 Å². The van der Waals surface area contributed by atoms with E-state index in [0.717, 1.165) is 5.56 Å². The molecule has 0 aliphatic carbocycles. The molecule has 1 fully saturated rings. The van der Waals surface area contributed by atoms with Crippen molar-refractivity contribution in [1.82, 2.24) is 5.32 Å². The molecule has 1 heterocycles. The topological polar surface area (TPSA) is 47.6 Å². The van der Waals surface area contributed by atoms with E-state index >= 15 is 0 Å². The van der Waals surface area contributed by atoms with Crippen molar-refractivity contribution in [2.45, 2.75) is 6.04 Å². The summed E-state index contributed by atoms with van der Waals surface area (Å²) >= 11 is 5.83. The number of benzene rings is 1. The zero-order valence-electron chi connectivity index (χ0n) is 8.12. The number of nitrogens with one attached hydrogen (secondary N) is 1. The molecule has 0 radical (unpaired) electrons. The van der Waals surface area contributed by atoms with E-state index in [0.29, 0.717) is 17.4 Å². The van der Waals surface area contributed by atoms with Crippen molar-refractivity contribution in [3.63, 3.8) is 0 Å². The smallest absolute Gasteiger partial charge is 0.407 e. The fourth-order valence-electron chi connectivity index (χ4n) is 1.52. The van der Waals surface area contributed by atoms with Gasteiger partial charge in [0.05, 0.1) is 13.2 Å². The first-order valence-electron chi connectivity index (χ1n) is 4.47. The van der Waals surface area contributed by atoms with Gasteiger partial charge in [-0.3, -0.25) is 0 Å². The zero-order valence-corrected chi connectivity index (χ0v) is 8.88. The number of hydrogen-bond acceptors (Lipinski definition) is 3. The molecular formula is C10H10ClNO3. The van der Waals surface area contributed by atoms with Crippen LogP contribution in [0.2, 0.25) is 5.02 Å². The predicted octanol–water partition coefficient (Wildman–Crippen LogP) is 2.13. The van der Waals surface area contributed by atoms with Crippen LogP contribution in [0.25, 0.3) is 0 Å². The van der Waals surface area contributed by atoms with Crippen LogP contribution in [0.3, 0.4) is 0 Å². The number of carbonyl (C=O) groups excluding carboxylic acids is 1. The van der Waals surface area contributed by atoms with Crippen molar-refractivity contribution in [3.05, 3.63) is 28.8 Å². The van der Waals surface area contributed by atoms with Crippen molar-refractivity contribution >= 4 is 17.7 Å². The Morgan fingerprint density at radius 3 is 3.00 bits per heavy atom. The van der Waals surface area contributed by atoms with Crippen molar-refractivity contribution in [3.8, 4) is 5.75 Å². The van der Waals surface area contributed by atoms with Crippen LogP contribution in [0, 0.1) is 0 Å². The lowest BCUT2D eigenvalue weighted by molar-refractivity contribution is 0.177. The lowest BCUT2D eigenvalue weighted by Gasteiger charge is -2.12. The highest BCUT2D eigenvalue weighted by Gasteiger charge is 2.26. The van der Waals surface area contributed by atoms with Gasteiger partial charge in [-0.2, -0.15) is 0 Å². The zero-order chi connectivity index (χ0) is 10.8. The number of hydrogen-bond donors (Lipinski definition) is 1. The average molecular weight is 228 g/mol. The molecule has 5 heteroatoms. The Kier molecular flexibility index (Phi) is 2.68. The quantitative estimate of drug-likeness (QED) is 0.842. The summed E-state index contributed by atoms with van der Waals surface area (Å²) in [4.78, 5) is 10.9. The van der Waals surface area contributed by atoms with Gasteiger partial charge in [0.15, 0.2) is 0 Å². The lowest BCUT2D eigenvalue weighted by atomic mass is 10.1. The third kappa shape index (κ3) is 1.99. The summed E-state index contributed by atoms with van der Waals surface area (Å²) in [6, 6.07) is 5.12. The fraction of sp³-hybridized carbons (Fsp3) is 0.300. The van der Waals surface area contributed by atoms with Crippen LogP contribution in [0.4, 0.5) is 4.79 Å². The molecule has 80 valence electrons. The number of amides is 1. The van der Waals surface area contributed by atoms with Crippen molar-refractivity contribution in [1.29, 1.82) is 0 Å². The van der Waals surface area contributed by atoms with Crippen LogP contribution in [0.15, 0.2) is 18.2 Å². The fourth-order valence-corrected chi connectivity index (χ4v) is 1.69. The van der Waals surface area contributed by atoms with Gasteiger partial charge < -0.3 is 14.8 Å². The van der Waals surface area contributed by atoms with E-state index in [9.17, 15) is 4.79 Å². The van der Waals surface area contributed by atoms with E-state index < -0.39 is 6.09 Å². The SMILES string of the molecule is COc1cc(Cl)ccc1C1COC(=O)N1. The third-order valence-electron chi connectivity index (χ3n) is 2.24. The highest BCUT2D eigenvalue weighted by Crippen LogP contribution is 2.30. The second-order valence-corrected chi connectivity index (χ2v) is 3.62. The Morgan fingerprint density at radius 1 is 1.60 bits per heavy atom. The Morgan fingerprint density at radius 2 is 2.40 bits per heavy atom. The number of carbonyl (C=O) groups is 1. The maximum absolute atomic E-state index is 10.9. The first-order chi connectivity index (χ1) is 7.20. The highest BCUT2D eigenvalue weighted by atomic mass is 35.5. The monoisotopic (exact) mass is 227 g/mol. The molecule has 4 nitrogen and oxygen atoms in total. The second kappa shape index (κ2) is 3.98. The summed E-state index contributed by atoms with van der Waals surface area (Å²) in [5.41, 5.74) is 0.868. The molecule has 1 aliphatic rings. The summed E-state index contributed by atoms with van der Waals surface area (Å²) in [6.07, 6.45) is -0.406. The van der Waals surface area contributed by atoms with E-state index in [1.54, 1.807) is 19.2 Å². The molecule has 2 rings (SSSR count). The first-order valence-corrected chi connectivity index (χ1v) is 4.85. The van der Waals surface area contributed by atoms with E-state index in [-0.39, 0.29) is 6.04 Å².